The predicted molar refractivity (Wildman–Crippen MR) is 59.5 cm³/mol. The van der Waals surface area contributed by atoms with Crippen LogP contribution >= 0.6 is 0 Å². The van der Waals surface area contributed by atoms with Crippen molar-refractivity contribution in [3.8, 4) is 0 Å². The van der Waals surface area contributed by atoms with Crippen molar-refractivity contribution in [2.75, 3.05) is 19.7 Å². The number of piperidine rings is 1. The molecule has 3 N–H and O–H groups in total. The normalized spacial score (nSPS) is 23.5. The number of carbonyl (C=O) groups excluding carboxylic acids is 1. The van der Waals surface area contributed by atoms with Gasteiger partial charge in [0.15, 0.2) is 0 Å². The highest BCUT2D eigenvalue weighted by Gasteiger charge is 2.20. The van der Waals surface area contributed by atoms with Gasteiger partial charge in [-0.25, -0.2) is 0 Å². The van der Waals surface area contributed by atoms with Crippen molar-refractivity contribution in [3.05, 3.63) is 0 Å². The Labute approximate surface area is 91.4 Å². The zero-order chi connectivity index (χ0) is 11.1. The monoisotopic (exact) mass is 214 g/mol. The molecule has 4 nitrogen and oxygen atoms in total. The van der Waals surface area contributed by atoms with Crippen molar-refractivity contribution in [3.63, 3.8) is 0 Å². The van der Waals surface area contributed by atoms with Crippen LogP contribution in [0.2, 0.25) is 0 Å². The molecule has 1 amide bonds. The molecule has 2 atom stereocenters. The van der Waals surface area contributed by atoms with Crippen LogP contribution < -0.4 is 10.6 Å². The first-order valence-electron chi connectivity index (χ1n) is 5.86. The summed E-state index contributed by atoms with van der Waals surface area (Å²) < 4.78 is 0. The third-order valence-electron chi connectivity index (χ3n) is 2.87. The molecular weight excluding hydrogens is 192 g/mol. The number of carbonyl (C=O) groups is 1. The van der Waals surface area contributed by atoms with Crippen LogP contribution in [0.15, 0.2) is 0 Å². The van der Waals surface area contributed by atoms with E-state index in [0.29, 0.717) is 12.5 Å². The molecule has 1 rings (SSSR count). The minimum absolute atomic E-state index is 0.0000709. The molecule has 4 heteroatoms. The largest absolute Gasteiger partial charge is 0.396 e. The SMILES string of the molecule is CC(CCO)CNC(=O)C1CCCCN1. The van der Waals surface area contributed by atoms with Gasteiger partial charge in [-0.3, -0.25) is 4.79 Å². The van der Waals surface area contributed by atoms with E-state index in [1.807, 2.05) is 6.92 Å². The fourth-order valence-electron chi connectivity index (χ4n) is 1.80. The standard InChI is InChI=1S/C11H22N2O2/c1-9(5-7-14)8-13-11(15)10-4-2-3-6-12-10/h9-10,12,14H,2-8H2,1H3,(H,13,15). The number of hydrogen-bond donors (Lipinski definition) is 3. The van der Waals surface area contributed by atoms with E-state index >= 15 is 0 Å². The van der Waals surface area contributed by atoms with E-state index in [4.69, 9.17) is 5.11 Å². The van der Waals surface area contributed by atoms with Gasteiger partial charge in [0.1, 0.15) is 0 Å². The van der Waals surface area contributed by atoms with Crippen molar-refractivity contribution in [1.29, 1.82) is 0 Å². The van der Waals surface area contributed by atoms with Gasteiger partial charge in [0.05, 0.1) is 6.04 Å². The zero-order valence-electron chi connectivity index (χ0n) is 9.46. The van der Waals surface area contributed by atoms with Crippen LogP contribution in [0.5, 0.6) is 0 Å². The smallest absolute Gasteiger partial charge is 0.237 e. The van der Waals surface area contributed by atoms with Crippen LogP contribution in [0.25, 0.3) is 0 Å². The molecule has 0 aliphatic carbocycles. The van der Waals surface area contributed by atoms with Gasteiger partial charge in [0, 0.05) is 13.2 Å². The molecule has 0 spiro atoms. The maximum atomic E-state index is 11.7. The first-order chi connectivity index (χ1) is 7.24. The van der Waals surface area contributed by atoms with Crippen molar-refractivity contribution >= 4 is 5.91 Å². The Bertz CT molecular complexity index is 191. The van der Waals surface area contributed by atoms with E-state index in [2.05, 4.69) is 10.6 Å². The third-order valence-corrected chi connectivity index (χ3v) is 2.87. The topological polar surface area (TPSA) is 61.4 Å². The maximum Gasteiger partial charge on any atom is 0.237 e. The number of amides is 1. The zero-order valence-corrected chi connectivity index (χ0v) is 9.46. The molecule has 1 aliphatic rings. The first kappa shape index (κ1) is 12.5. The highest BCUT2D eigenvalue weighted by Crippen LogP contribution is 2.07. The van der Waals surface area contributed by atoms with Gasteiger partial charge in [0.2, 0.25) is 5.91 Å². The van der Waals surface area contributed by atoms with Gasteiger partial charge < -0.3 is 15.7 Å². The Balaban J connectivity index is 2.16. The summed E-state index contributed by atoms with van der Waals surface area (Å²) in [7, 11) is 0. The van der Waals surface area contributed by atoms with Gasteiger partial charge in [-0.2, -0.15) is 0 Å². The molecule has 1 saturated heterocycles. The van der Waals surface area contributed by atoms with E-state index in [-0.39, 0.29) is 18.6 Å². The van der Waals surface area contributed by atoms with Gasteiger partial charge in [-0.05, 0) is 31.7 Å². The number of hydrogen-bond acceptors (Lipinski definition) is 3. The summed E-state index contributed by atoms with van der Waals surface area (Å²) in [5, 5.41) is 14.9. The summed E-state index contributed by atoms with van der Waals surface area (Å²) >= 11 is 0. The lowest BCUT2D eigenvalue weighted by molar-refractivity contribution is -0.123. The maximum absolute atomic E-state index is 11.7. The van der Waals surface area contributed by atoms with Gasteiger partial charge in [-0.1, -0.05) is 13.3 Å². The first-order valence-corrected chi connectivity index (χ1v) is 5.86. The number of aliphatic hydroxyl groups is 1. The highest BCUT2D eigenvalue weighted by atomic mass is 16.3. The molecule has 15 heavy (non-hydrogen) atoms. The molecule has 0 bridgehead atoms. The minimum Gasteiger partial charge on any atom is -0.396 e. The molecule has 0 radical (unpaired) electrons. The fourth-order valence-corrected chi connectivity index (χ4v) is 1.80. The quantitative estimate of drug-likeness (QED) is 0.615. The number of nitrogens with one attached hydrogen (secondary N) is 2. The summed E-state index contributed by atoms with van der Waals surface area (Å²) in [6.07, 6.45) is 4.00. The second kappa shape index (κ2) is 6.80. The highest BCUT2D eigenvalue weighted by molar-refractivity contribution is 5.81. The second-order valence-electron chi connectivity index (χ2n) is 4.37. The Morgan fingerprint density at radius 3 is 3.00 bits per heavy atom. The van der Waals surface area contributed by atoms with Crippen LogP contribution in [-0.2, 0) is 4.79 Å². The summed E-state index contributed by atoms with van der Waals surface area (Å²) in [5.74, 6) is 0.460. The minimum atomic E-state index is 0.0000709. The van der Waals surface area contributed by atoms with E-state index < -0.39 is 0 Å². The second-order valence-corrected chi connectivity index (χ2v) is 4.37. The Hall–Kier alpha value is -0.610. The predicted octanol–water partition coefficient (Wildman–Crippen LogP) is 0.263. The lowest BCUT2D eigenvalue weighted by Gasteiger charge is -2.23. The van der Waals surface area contributed by atoms with Crippen molar-refractivity contribution in [1.82, 2.24) is 10.6 Å². The van der Waals surface area contributed by atoms with Gasteiger partial charge >= 0.3 is 0 Å². The molecule has 88 valence electrons. The summed E-state index contributed by atoms with van der Waals surface area (Å²) in [6, 6.07) is 0.0000709. The Morgan fingerprint density at radius 1 is 1.60 bits per heavy atom. The summed E-state index contributed by atoms with van der Waals surface area (Å²) in [6.45, 7) is 3.84. The van der Waals surface area contributed by atoms with Gasteiger partial charge in [0.25, 0.3) is 0 Å². The van der Waals surface area contributed by atoms with Crippen molar-refractivity contribution in [2.45, 2.75) is 38.6 Å². The van der Waals surface area contributed by atoms with Crippen LogP contribution in [0.4, 0.5) is 0 Å². The fraction of sp³-hybridized carbons (Fsp3) is 0.909. The van der Waals surface area contributed by atoms with E-state index in [9.17, 15) is 4.79 Å². The van der Waals surface area contributed by atoms with Crippen molar-refractivity contribution < 1.29 is 9.90 Å². The lowest BCUT2D eigenvalue weighted by atomic mass is 10.0. The average Bonchev–Trinajstić information content (AvgIpc) is 2.27. The number of rotatable bonds is 5. The summed E-state index contributed by atoms with van der Waals surface area (Å²) in [5.41, 5.74) is 0. The van der Waals surface area contributed by atoms with Crippen LogP contribution in [0.1, 0.15) is 32.6 Å². The van der Waals surface area contributed by atoms with Crippen LogP contribution in [0.3, 0.4) is 0 Å². The number of aliphatic hydroxyl groups excluding tert-OH is 1. The van der Waals surface area contributed by atoms with E-state index in [1.165, 1.54) is 6.42 Å². The molecule has 0 aromatic heterocycles. The molecule has 0 aromatic rings. The molecule has 1 fully saturated rings. The van der Waals surface area contributed by atoms with E-state index in [0.717, 1.165) is 25.8 Å². The Morgan fingerprint density at radius 2 is 2.40 bits per heavy atom. The Kier molecular flexibility index (Phi) is 5.65. The van der Waals surface area contributed by atoms with E-state index in [1.54, 1.807) is 0 Å². The molecule has 0 aromatic carbocycles. The van der Waals surface area contributed by atoms with Crippen LogP contribution in [-0.4, -0.2) is 36.8 Å². The molecule has 1 aliphatic heterocycles. The lowest BCUT2D eigenvalue weighted by Crippen LogP contribution is -2.47. The van der Waals surface area contributed by atoms with Gasteiger partial charge in [-0.15, -0.1) is 0 Å². The molecular formula is C11H22N2O2. The molecule has 2 unspecified atom stereocenters. The summed E-state index contributed by atoms with van der Waals surface area (Å²) in [4.78, 5) is 11.7. The third kappa shape index (κ3) is 4.62. The van der Waals surface area contributed by atoms with Crippen molar-refractivity contribution in [2.24, 2.45) is 5.92 Å². The average molecular weight is 214 g/mol. The van der Waals surface area contributed by atoms with Crippen LogP contribution in [0, 0.1) is 5.92 Å². The molecule has 0 saturated carbocycles. The molecule has 1 heterocycles.